The number of hydrogen-bond acceptors (Lipinski definition) is 1. The summed E-state index contributed by atoms with van der Waals surface area (Å²) in [5, 5.41) is 0. The summed E-state index contributed by atoms with van der Waals surface area (Å²) >= 11 is 0. The number of nitrogens with zero attached hydrogens (tertiary/aromatic N) is 1. The molecular formula is C14H16IN. The fourth-order valence-electron chi connectivity index (χ4n) is 1.69. The summed E-state index contributed by atoms with van der Waals surface area (Å²) in [7, 11) is 0. The molecule has 0 amide bonds. The largest absolute Gasteiger partial charge is 0.265 e. The van der Waals surface area contributed by atoms with Crippen molar-refractivity contribution in [2.45, 2.75) is 19.3 Å². The van der Waals surface area contributed by atoms with Gasteiger partial charge in [0.2, 0.25) is 0 Å². The smallest absolute Gasteiger partial charge is 0.0270 e. The first kappa shape index (κ1) is 13.2. The second-order valence-electron chi connectivity index (χ2n) is 3.69. The van der Waals surface area contributed by atoms with E-state index in [1.807, 2.05) is 12.4 Å². The topological polar surface area (TPSA) is 12.9 Å². The number of pyridine rings is 1. The maximum atomic E-state index is 4.01. The van der Waals surface area contributed by atoms with Crippen LogP contribution in [0.3, 0.4) is 0 Å². The van der Waals surface area contributed by atoms with Crippen LogP contribution in [0.5, 0.6) is 0 Å². The summed E-state index contributed by atoms with van der Waals surface area (Å²) < 4.78 is 0. The van der Waals surface area contributed by atoms with Crippen LogP contribution in [0.1, 0.15) is 17.5 Å². The standard InChI is InChI=1S/C14H15N.HI/c1-2-5-13(6-3-1)7-4-8-14-9-11-15-12-10-14;/h1-3,5-6,9-12H,4,7-8H2;1H. The summed E-state index contributed by atoms with van der Waals surface area (Å²) in [5.74, 6) is 0. The van der Waals surface area contributed by atoms with Gasteiger partial charge in [0.1, 0.15) is 0 Å². The Bertz CT molecular complexity index is 346. The lowest BCUT2D eigenvalue weighted by atomic mass is 10.1. The van der Waals surface area contributed by atoms with Gasteiger partial charge in [0.25, 0.3) is 0 Å². The summed E-state index contributed by atoms with van der Waals surface area (Å²) in [6.45, 7) is 0. The van der Waals surface area contributed by atoms with Gasteiger partial charge in [-0.3, -0.25) is 4.98 Å². The van der Waals surface area contributed by atoms with Crippen molar-refractivity contribution in [3.8, 4) is 0 Å². The van der Waals surface area contributed by atoms with Gasteiger partial charge in [-0.05, 0) is 42.5 Å². The lowest BCUT2D eigenvalue weighted by Crippen LogP contribution is -1.89. The molecule has 0 saturated carbocycles. The number of benzene rings is 1. The molecule has 0 aliphatic carbocycles. The Kier molecular flexibility index (Phi) is 6.08. The molecule has 1 heterocycles. The predicted molar refractivity (Wildman–Crippen MR) is 78.1 cm³/mol. The average Bonchev–Trinajstić information content (AvgIpc) is 2.32. The third-order valence-electron chi connectivity index (χ3n) is 2.52. The predicted octanol–water partition coefficient (Wildman–Crippen LogP) is 3.87. The van der Waals surface area contributed by atoms with Gasteiger partial charge in [-0.1, -0.05) is 30.3 Å². The van der Waals surface area contributed by atoms with Crippen LogP contribution in [0.2, 0.25) is 0 Å². The molecule has 1 aromatic heterocycles. The van der Waals surface area contributed by atoms with Crippen LogP contribution < -0.4 is 0 Å². The Hall–Kier alpha value is -0.900. The molecule has 2 heteroatoms. The van der Waals surface area contributed by atoms with Gasteiger partial charge in [0, 0.05) is 12.4 Å². The van der Waals surface area contributed by atoms with Crippen LogP contribution in [0.15, 0.2) is 54.9 Å². The van der Waals surface area contributed by atoms with Gasteiger partial charge < -0.3 is 0 Å². The number of aromatic nitrogens is 1. The van der Waals surface area contributed by atoms with E-state index in [0.29, 0.717) is 0 Å². The van der Waals surface area contributed by atoms with Crippen LogP contribution in [-0.2, 0) is 12.8 Å². The molecule has 84 valence electrons. The summed E-state index contributed by atoms with van der Waals surface area (Å²) in [6, 6.07) is 14.8. The zero-order chi connectivity index (χ0) is 10.3. The van der Waals surface area contributed by atoms with Crippen LogP contribution in [0, 0.1) is 0 Å². The third kappa shape index (κ3) is 4.31. The van der Waals surface area contributed by atoms with E-state index in [4.69, 9.17) is 0 Å². The summed E-state index contributed by atoms with van der Waals surface area (Å²) in [6.07, 6.45) is 7.21. The molecule has 0 spiro atoms. The maximum absolute atomic E-state index is 4.01. The molecule has 16 heavy (non-hydrogen) atoms. The molecule has 0 unspecified atom stereocenters. The zero-order valence-electron chi connectivity index (χ0n) is 9.17. The highest BCUT2D eigenvalue weighted by Gasteiger charge is 1.94. The van der Waals surface area contributed by atoms with Crippen LogP contribution >= 0.6 is 24.0 Å². The van der Waals surface area contributed by atoms with Crippen molar-refractivity contribution in [3.63, 3.8) is 0 Å². The Morgan fingerprint density at radius 3 is 1.94 bits per heavy atom. The van der Waals surface area contributed by atoms with Crippen LogP contribution in [-0.4, -0.2) is 4.98 Å². The average molecular weight is 325 g/mol. The van der Waals surface area contributed by atoms with Crippen LogP contribution in [0.25, 0.3) is 0 Å². The molecule has 2 rings (SSSR count). The van der Waals surface area contributed by atoms with E-state index in [1.165, 1.54) is 17.5 Å². The molecule has 1 nitrogen and oxygen atoms in total. The highest BCUT2D eigenvalue weighted by atomic mass is 127. The van der Waals surface area contributed by atoms with Crippen molar-refractivity contribution in [1.29, 1.82) is 0 Å². The second-order valence-corrected chi connectivity index (χ2v) is 3.69. The van der Waals surface area contributed by atoms with Gasteiger partial charge in [-0.25, -0.2) is 0 Å². The Balaban J connectivity index is 0.00000128. The van der Waals surface area contributed by atoms with Crippen molar-refractivity contribution in [2.24, 2.45) is 0 Å². The lowest BCUT2D eigenvalue weighted by Gasteiger charge is -2.01. The molecular weight excluding hydrogens is 309 g/mol. The molecule has 2 aromatic rings. The van der Waals surface area contributed by atoms with E-state index in [1.54, 1.807) is 0 Å². The Morgan fingerprint density at radius 2 is 1.31 bits per heavy atom. The monoisotopic (exact) mass is 325 g/mol. The Labute approximate surface area is 114 Å². The summed E-state index contributed by atoms with van der Waals surface area (Å²) in [5.41, 5.74) is 2.80. The quantitative estimate of drug-likeness (QED) is 0.778. The van der Waals surface area contributed by atoms with E-state index in [0.717, 1.165) is 12.8 Å². The third-order valence-corrected chi connectivity index (χ3v) is 2.52. The first-order chi connectivity index (χ1) is 7.45. The van der Waals surface area contributed by atoms with Gasteiger partial charge in [-0.2, -0.15) is 0 Å². The van der Waals surface area contributed by atoms with E-state index in [2.05, 4.69) is 47.4 Å². The van der Waals surface area contributed by atoms with Gasteiger partial charge in [0.05, 0.1) is 0 Å². The first-order valence-electron chi connectivity index (χ1n) is 5.38. The fourth-order valence-corrected chi connectivity index (χ4v) is 1.69. The van der Waals surface area contributed by atoms with Crippen molar-refractivity contribution in [3.05, 3.63) is 66.0 Å². The number of rotatable bonds is 4. The fraction of sp³-hybridized carbons (Fsp3) is 0.214. The molecule has 0 fully saturated rings. The van der Waals surface area contributed by atoms with Crippen LogP contribution in [0.4, 0.5) is 0 Å². The normalized spacial score (nSPS) is 9.50. The molecule has 0 atom stereocenters. The molecule has 0 radical (unpaired) electrons. The molecule has 0 aliphatic rings. The minimum absolute atomic E-state index is 0. The van der Waals surface area contributed by atoms with E-state index >= 15 is 0 Å². The second kappa shape index (κ2) is 7.39. The highest BCUT2D eigenvalue weighted by Crippen LogP contribution is 2.06. The van der Waals surface area contributed by atoms with Gasteiger partial charge in [0.15, 0.2) is 0 Å². The zero-order valence-corrected chi connectivity index (χ0v) is 11.5. The molecule has 0 saturated heterocycles. The van der Waals surface area contributed by atoms with Crippen molar-refractivity contribution in [2.75, 3.05) is 0 Å². The highest BCUT2D eigenvalue weighted by molar-refractivity contribution is 14.0. The van der Waals surface area contributed by atoms with E-state index in [9.17, 15) is 0 Å². The minimum Gasteiger partial charge on any atom is -0.265 e. The number of halogens is 1. The SMILES string of the molecule is I.c1ccc(CCCc2ccncc2)cc1. The van der Waals surface area contributed by atoms with Gasteiger partial charge >= 0.3 is 0 Å². The molecule has 0 aliphatic heterocycles. The van der Waals surface area contributed by atoms with Gasteiger partial charge in [-0.15, -0.1) is 24.0 Å². The van der Waals surface area contributed by atoms with E-state index in [-0.39, 0.29) is 24.0 Å². The lowest BCUT2D eigenvalue weighted by molar-refractivity contribution is 0.819. The van der Waals surface area contributed by atoms with Crippen molar-refractivity contribution < 1.29 is 0 Å². The van der Waals surface area contributed by atoms with Crippen molar-refractivity contribution >= 4 is 24.0 Å². The number of hydrogen-bond donors (Lipinski definition) is 0. The summed E-state index contributed by atoms with van der Waals surface area (Å²) in [4.78, 5) is 4.01. The minimum atomic E-state index is 0. The van der Waals surface area contributed by atoms with E-state index < -0.39 is 0 Å². The maximum Gasteiger partial charge on any atom is 0.0270 e. The Morgan fingerprint density at radius 1 is 0.750 bits per heavy atom. The van der Waals surface area contributed by atoms with Crippen molar-refractivity contribution in [1.82, 2.24) is 4.98 Å². The molecule has 1 aromatic carbocycles. The molecule has 0 N–H and O–H groups in total. The first-order valence-corrected chi connectivity index (χ1v) is 5.38. The molecule has 0 bridgehead atoms. The number of aryl methyl sites for hydroxylation is 2.